The summed E-state index contributed by atoms with van der Waals surface area (Å²) in [6, 6.07) is 8.17. The average Bonchev–Trinajstić information content (AvgIpc) is 3.67. The van der Waals surface area contributed by atoms with Crippen molar-refractivity contribution in [2.75, 3.05) is 59.1 Å². The number of fused-ring (bicyclic) bond motifs is 3. The fourth-order valence-electron chi connectivity index (χ4n) is 5.42. The first-order valence-corrected chi connectivity index (χ1v) is 12.9. The van der Waals surface area contributed by atoms with Gasteiger partial charge in [-0.05, 0) is 43.1 Å². The van der Waals surface area contributed by atoms with Crippen LogP contribution in [0.1, 0.15) is 31.2 Å². The Hall–Kier alpha value is -2.38. The number of benzene rings is 1. The summed E-state index contributed by atoms with van der Waals surface area (Å²) in [5, 5.41) is 0. The Kier molecular flexibility index (Phi) is 7.50. The maximum atomic E-state index is 13.4. The van der Waals surface area contributed by atoms with Crippen molar-refractivity contribution in [3.63, 3.8) is 0 Å². The third-order valence-electron chi connectivity index (χ3n) is 7.62. The van der Waals surface area contributed by atoms with Crippen molar-refractivity contribution >= 4 is 11.8 Å². The molecule has 0 spiro atoms. The largest absolute Gasteiger partial charge is 0.489 e. The summed E-state index contributed by atoms with van der Waals surface area (Å²) in [6.07, 6.45) is 8.17. The number of morpholine rings is 1. The van der Waals surface area contributed by atoms with Crippen LogP contribution in [0.25, 0.3) is 0 Å². The Labute approximate surface area is 202 Å². The molecule has 2 amide bonds. The Morgan fingerprint density at radius 3 is 2.68 bits per heavy atom. The van der Waals surface area contributed by atoms with Gasteiger partial charge in [-0.3, -0.25) is 14.5 Å². The second kappa shape index (κ2) is 10.9. The number of ether oxygens (including phenoxy) is 2. The lowest BCUT2D eigenvalue weighted by molar-refractivity contribution is -0.138. The third kappa shape index (κ3) is 5.99. The van der Waals surface area contributed by atoms with Crippen LogP contribution in [0.3, 0.4) is 0 Å². The quantitative estimate of drug-likeness (QED) is 0.637. The molecule has 2 atom stereocenters. The summed E-state index contributed by atoms with van der Waals surface area (Å²) in [7, 11) is 0. The number of piperidine rings is 1. The molecule has 2 bridgehead atoms. The van der Waals surface area contributed by atoms with Crippen molar-refractivity contribution in [3.05, 3.63) is 42.0 Å². The fraction of sp³-hybridized carbons (Fsp3) is 0.630. The number of hydrogen-bond acceptors (Lipinski definition) is 5. The number of carbonyl (C=O) groups excluding carboxylic acids is 2. The number of rotatable bonds is 4. The lowest BCUT2D eigenvalue weighted by Gasteiger charge is -2.39. The van der Waals surface area contributed by atoms with E-state index >= 15 is 0 Å². The van der Waals surface area contributed by atoms with Gasteiger partial charge >= 0.3 is 0 Å². The van der Waals surface area contributed by atoms with Gasteiger partial charge in [0.25, 0.3) is 0 Å². The minimum Gasteiger partial charge on any atom is -0.489 e. The Bertz CT molecular complexity index is 894. The molecule has 4 aliphatic rings. The summed E-state index contributed by atoms with van der Waals surface area (Å²) in [5.74, 6) is 2.43. The van der Waals surface area contributed by atoms with E-state index in [2.05, 4.69) is 23.1 Å². The topological polar surface area (TPSA) is 62.3 Å². The van der Waals surface area contributed by atoms with E-state index in [1.54, 1.807) is 0 Å². The molecule has 0 aromatic heterocycles. The Morgan fingerprint density at radius 1 is 1.03 bits per heavy atom. The summed E-state index contributed by atoms with van der Waals surface area (Å²) in [5.41, 5.74) is 1.13. The van der Waals surface area contributed by atoms with Gasteiger partial charge in [0, 0.05) is 51.3 Å². The molecule has 1 aromatic carbocycles. The summed E-state index contributed by atoms with van der Waals surface area (Å²) in [6.45, 7) is 6.66. The van der Waals surface area contributed by atoms with E-state index in [0.29, 0.717) is 58.3 Å². The zero-order chi connectivity index (χ0) is 23.3. The van der Waals surface area contributed by atoms with Crippen LogP contribution in [-0.2, 0) is 20.9 Å². The number of hydrogen-bond donors (Lipinski definition) is 0. The smallest absolute Gasteiger partial charge is 0.236 e. The molecule has 3 fully saturated rings. The SMILES string of the molecule is O=C(C[C@@H]1CCN2C[C@@H]1C=CCOc1ccccc1CN(CC1CC1)CC2=O)N1CCOCC1. The first-order chi connectivity index (χ1) is 16.7. The predicted octanol–water partition coefficient (Wildman–Crippen LogP) is 2.56. The molecule has 1 aliphatic carbocycles. The molecule has 7 heteroatoms. The minimum absolute atomic E-state index is 0.166. The van der Waals surface area contributed by atoms with Gasteiger partial charge in [0.15, 0.2) is 0 Å². The zero-order valence-corrected chi connectivity index (χ0v) is 20.1. The molecule has 1 saturated carbocycles. The average molecular weight is 468 g/mol. The molecule has 184 valence electrons. The molecule has 0 radical (unpaired) electrons. The lowest BCUT2D eigenvalue weighted by atomic mass is 9.82. The molecule has 3 aliphatic heterocycles. The van der Waals surface area contributed by atoms with Gasteiger partial charge in [0.05, 0.1) is 19.8 Å². The molecule has 1 aromatic rings. The van der Waals surface area contributed by atoms with Gasteiger partial charge in [0.2, 0.25) is 11.8 Å². The first kappa shape index (κ1) is 23.4. The minimum atomic E-state index is 0.166. The van der Waals surface area contributed by atoms with Crippen molar-refractivity contribution in [1.29, 1.82) is 0 Å². The van der Waals surface area contributed by atoms with Gasteiger partial charge in [-0.25, -0.2) is 0 Å². The third-order valence-corrected chi connectivity index (χ3v) is 7.62. The van der Waals surface area contributed by atoms with Crippen LogP contribution in [0.5, 0.6) is 5.75 Å². The van der Waals surface area contributed by atoms with Crippen LogP contribution < -0.4 is 4.74 Å². The maximum absolute atomic E-state index is 13.4. The van der Waals surface area contributed by atoms with E-state index in [1.807, 2.05) is 28.0 Å². The van der Waals surface area contributed by atoms with Crippen molar-refractivity contribution < 1.29 is 19.1 Å². The normalized spacial score (nSPS) is 26.6. The van der Waals surface area contributed by atoms with E-state index in [-0.39, 0.29) is 23.7 Å². The summed E-state index contributed by atoms with van der Waals surface area (Å²) in [4.78, 5) is 32.6. The molecule has 7 nitrogen and oxygen atoms in total. The standard InChI is InChI=1S/C27H37N3O4/c31-26(29-11-14-33-15-12-29)16-22-9-10-30-19-23(22)5-3-13-34-25-6-2-1-4-24(25)18-28(20-27(30)32)17-21-7-8-21/h1-6,21-23H,7-20H2/t22-,23-/m0/s1. The summed E-state index contributed by atoms with van der Waals surface area (Å²) < 4.78 is 11.5. The van der Waals surface area contributed by atoms with Crippen LogP contribution in [0, 0.1) is 17.8 Å². The van der Waals surface area contributed by atoms with Crippen molar-refractivity contribution in [2.45, 2.75) is 32.2 Å². The zero-order valence-electron chi connectivity index (χ0n) is 20.1. The van der Waals surface area contributed by atoms with E-state index < -0.39 is 0 Å². The highest BCUT2D eigenvalue weighted by Gasteiger charge is 2.34. The summed E-state index contributed by atoms with van der Waals surface area (Å²) >= 11 is 0. The number of nitrogens with zero attached hydrogens (tertiary/aromatic N) is 3. The van der Waals surface area contributed by atoms with Crippen molar-refractivity contribution in [1.82, 2.24) is 14.7 Å². The number of amides is 2. The van der Waals surface area contributed by atoms with Gasteiger partial charge in [-0.2, -0.15) is 0 Å². The van der Waals surface area contributed by atoms with Gasteiger partial charge in [-0.1, -0.05) is 30.4 Å². The van der Waals surface area contributed by atoms with Crippen LogP contribution in [0.15, 0.2) is 36.4 Å². The predicted molar refractivity (Wildman–Crippen MR) is 129 cm³/mol. The highest BCUT2D eigenvalue weighted by atomic mass is 16.5. The highest BCUT2D eigenvalue weighted by Crippen LogP contribution is 2.32. The van der Waals surface area contributed by atoms with Crippen LogP contribution in [0.2, 0.25) is 0 Å². The molecule has 2 saturated heterocycles. The van der Waals surface area contributed by atoms with Crippen molar-refractivity contribution in [2.24, 2.45) is 17.8 Å². The molecule has 5 rings (SSSR count). The van der Waals surface area contributed by atoms with E-state index in [4.69, 9.17) is 9.47 Å². The maximum Gasteiger partial charge on any atom is 0.236 e. The van der Waals surface area contributed by atoms with E-state index in [0.717, 1.165) is 37.4 Å². The monoisotopic (exact) mass is 467 g/mol. The highest BCUT2D eigenvalue weighted by molar-refractivity contribution is 5.79. The second-order valence-corrected chi connectivity index (χ2v) is 10.2. The molecule has 34 heavy (non-hydrogen) atoms. The Morgan fingerprint density at radius 2 is 1.85 bits per heavy atom. The Balaban J connectivity index is 1.32. The number of para-hydroxylation sites is 1. The molecule has 3 heterocycles. The molecular weight excluding hydrogens is 430 g/mol. The van der Waals surface area contributed by atoms with Crippen LogP contribution in [0.4, 0.5) is 0 Å². The van der Waals surface area contributed by atoms with E-state index in [1.165, 1.54) is 12.8 Å². The molecule has 0 unspecified atom stereocenters. The van der Waals surface area contributed by atoms with Gasteiger partial charge in [-0.15, -0.1) is 0 Å². The van der Waals surface area contributed by atoms with Gasteiger partial charge < -0.3 is 19.3 Å². The molecule has 0 N–H and O–H groups in total. The van der Waals surface area contributed by atoms with Gasteiger partial charge in [0.1, 0.15) is 12.4 Å². The second-order valence-electron chi connectivity index (χ2n) is 10.2. The van der Waals surface area contributed by atoms with Crippen LogP contribution in [-0.4, -0.2) is 85.6 Å². The number of carbonyl (C=O) groups is 2. The molecular formula is C27H37N3O4. The van der Waals surface area contributed by atoms with Crippen molar-refractivity contribution in [3.8, 4) is 5.75 Å². The fourth-order valence-corrected chi connectivity index (χ4v) is 5.42. The lowest BCUT2D eigenvalue weighted by Crippen LogP contribution is -2.48. The first-order valence-electron chi connectivity index (χ1n) is 12.9. The van der Waals surface area contributed by atoms with Crippen LogP contribution >= 0.6 is 0 Å². The van der Waals surface area contributed by atoms with E-state index in [9.17, 15) is 9.59 Å².